The highest BCUT2D eigenvalue weighted by Gasteiger charge is 2.07. The molecule has 0 aliphatic heterocycles. The molecule has 0 aliphatic carbocycles. The molecule has 5 nitrogen and oxygen atoms in total. The van der Waals surface area contributed by atoms with E-state index in [1.807, 2.05) is 36.2 Å². The number of ether oxygens (including phenoxy) is 1. The predicted molar refractivity (Wildman–Crippen MR) is 69.4 cm³/mol. The number of rotatable bonds is 4. The first-order chi connectivity index (χ1) is 8.19. The fourth-order valence-corrected chi connectivity index (χ4v) is 2.02. The van der Waals surface area contributed by atoms with Gasteiger partial charge < -0.3 is 15.4 Å². The molecule has 0 amide bonds. The standard InChI is InChI=1S/C11H14N4OS/c1-15(11-14-13-10(12)17-11)7-8-3-5-9(16-2)6-4-8/h3-6H,7H2,1-2H3,(H2,12,13). The zero-order chi connectivity index (χ0) is 12.3. The van der Waals surface area contributed by atoms with Crippen molar-refractivity contribution < 1.29 is 4.74 Å². The Hall–Kier alpha value is -1.82. The van der Waals surface area contributed by atoms with E-state index in [-0.39, 0.29) is 0 Å². The molecule has 2 rings (SSSR count). The summed E-state index contributed by atoms with van der Waals surface area (Å²) in [5, 5.41) is 9.09. The Morgan fingerprint density at radius 2 is 2.00 bits per heavy atom. The lowest BCUT2D eigenvalue weighted by atomic mass is 10.2. The second-order valence-electron chi connectivity index (χ2n) is 3.63. The molecule has 0 saturated heterocycles. The van der Waals surface area contributed by atoms with Crippen LogP contribution < -0.4 is 15.4 Å². The van der Waals surface area contributed by atoms with Crippen LogP contribution in [0, 0.1) is 0 Å². The predicted octanol–water partition coefficient (Wildman–Crippen LogP) is 1.77. The lowest BCUT2D eigenvalue weighted by molar-refractivity contribution is 0.414. The van der Waals surface area contributed by atoms with Gasteiger partial charge in [0.15, 0.2) is 0 Å². The van der Waals surface area contributed by atoms with Gasteiger partial charge in [0.1, 0.15) is 5.75 Å². The molecule has 0 radical (unpaired) electrons. The Morgan fingerprint density at radius 1 is 1.29 bits per heavy atom. The second kappa shape index (κ2) is 5.01. The van der Waals surface area contributed by atoms with Gasteiger partial charge in [-0.1, -0.05) is 23.5 Å². The van der Waals surface area contributed by atoms with Gasteiger partial charge >= 0.3 is 0 Å². The van der Waals surface area contributed by atoms with Crippen molar-refractivity contribution in [2.24, 2.45) is 0 Å². The van der Waals surface area contributed by atoms with Crippen LogP contribution in [0.5, 0.6) is 5.75 Å². The molecule has 1 heterocycles. The van der Waals surface area contributed by atoms with Crippen LogP contribution in [0.3, 0.4) is 0 Å². The molecule has 17 heavy (non-hydrogen) atoms. The van der Waals surface area contributed by atoms with Crippen molar-refractivity contribution in [1.29, 1.82) is 0 Å². The van der Waals surface area contributed by atoms with E-state index in [0.29, 0.717) is 5.13 Å². The Bertz CT molecular complexity index is 482. The third-order valence-electron chi connectivity index (χ3n) is 2.34. The number of hydrogen-bond donors (Lipinski definition) is 1. The van der Waals surface area contributed by atoms with Gasteiger partial charge in [0.25, 0.3) is 0 Å². The van der Waals surface area contributed by atoms with Crippen LogP contribution in [-0.2, 0) is 6.54 Å². The van der Waals surface area contributed by atoms with Gasteiger partial charge in [-0.3, -0.25) is 0 Å². The van der Waals surface area contributed by atoms with Crippen LogP contribution in [0.4, 0.5) is 10.3 Å². The van der Waals surface area contributed by atoms with E-state index in [1.54, 1.807) is 7.11 Å². The third-order valence-corrected chi connectivity index (χ3v) is 3.20. The fourth-order valence-electron chi connectivity index (χ4n) is 1.45. The van der Waals surface area contributed by atoms with Gasteiger partial charge in [-0.05, 0) is 17.7 Å². The van der Waals surface area contributed by atoms with Gasteiger partial charge in [0.2, 0.25) is 10.3 Å². The first-order valence-electron chi connectivity index (χ1n) is 5.12. The van der Waals surface area contributed by atoms with Crippen LogP contribution >= 0.6 is 11.3 Å². The zero-order valence-corrected chi connectivity index (χ0v) is 10.6. The van der Waals surface area contributed by atoms with Gasteiger partial charge in [0.05, 0.1) is 7.11 Å². The van der Waals surface area contributed by atoms with E-state index in [2.05, 4.69) is 10.2 Å². The number of nitrogens with zero attached hydrogens (tertiary/aromatic N) is 3. The van der Waals surface area contributed by atoms with E-state index in [9.17, 15) is 0 Å². The molecule has 0 fully saturated rings. The van der Waals surface area contributed by atoms with Crippen molar-refractivity contribution in [2.45, 2.75) is 6.54 Å². The molecule has 0 aliphatic rings. The maximum absolute atomic E-state index is 5.55. The van der Waals surface area contributed by atoms with Crippen LogP contribution in [0.1, 0.15) is 5.56 Å². The summed E-state index contributed by atoms with van der Waals surface area (Å²) in [6, 6.07) is 7.94. The number of aromatic nitrogens is 2. The van der Waals surface area contributed by atoms with Gasteiger partial charge in [-0.2, -0.15) is 0 Å². The van der Waals surface area contributed by atoms with Gasteiger partial charge in [-0.25, -0.2) is 0 Å². The first-order valence-corrected chi connectivity index (χ1v) is 5.93. The Labute approximate surface area is 104 Å². The maximum Gasteiger partial charge on any atom is 0.210 e. The van der Waals surface area contributed by atoms with Crippen molar-refractivity contribution >= 4 is 21.6 Å². The summed E-state index contributed by atoms with van der Waals surface area (Å²) in [5.74, 6) is 0.858. The molecule has 0 saturated carbocycles. The molecular weight excluding hydrogens is 236 g/mol. The molecule has 1 aromatic carbocycles. The quantitative estimate of drug-likeness (QED) is 0.895. The SMILES string of the molecule is COc1ccc(CN(C)c2nnc(N)s2)cc1. The average molecular weight is 250 g/mol. The molecule has 2 N–H and O–H groups in total. The monoisotopic (exact) mass is 250 g/mol. The van der Waals surface area contributed by atoms with Crippen molar-refractivity contribution in [1.82, 2.24) is 10.2 Å². The largest absolute Gasteiger partial charge is 0.497 e. The van der Waals surface area contributed by atoms with E-state index >= 15 is 0 Å². The summed E-state index contributed by atoms with van der Waals surface area (Å²) in [5.41, 5.74) is 6.73. The maximum atomic E-state index is 5.55. The van der Waals surface area contributed by atoms with Crippen molar-refractivity contribution in [3.05, 3.63) is 29.8 Å². The molecule has 0 atom stereocenters. The Morgan fingerprint density at radius 3 is 2.53 bits per heavy atom. The first kappa shape index (κ1) is 11.7. The molecule has 90 valence electrons. The minimum absolute atomic E-state index is 0.488. The number of nitrogen functional groups attached to an aromatic ring is 1. The number of methoxy groups -OCH3 is 1. The van der Waals surface area contributed by atoms with Crippen molar-refractivity contribution in [3.63, 3.8) is 0 Å². The summed E-state index contributed by atoms with van der Waals surface area (Å²) in [6.45, 7) is 0.763. The van der Waals surface area contributed by atoms with E-state index in [1.165, 1.54) is 16.9 Å². The highest BCUT2D eigenvalue weighted by Crippen LogP contribution is 2.22. The lowest BCUT2D eigenvalue weighted by Gasteiger charge is -2.14. The van der Waals surface area contributed by atoms with Crippen LogP contribution in [-0.4, -0.2) is 24.4 Å². The smallest absolute Gasteiger partial charge is 0.210 e. The molecule has 0 spiro atoms. The minimum Gasteiger partial charge on any atom is -0.497 e. The molecule has 0 bridgehead atoms. The fraction of sp³-hybridized carbons (Fsp3) is 0.273. The second-order valence-corrected chi connectivity index (χ2v) is 4.61. The summed E-state index contributed by atoms with van der Waals surface area (Å²) >= 11 is 1.38. The van der Waals surface area contributed by atoms with Crippen LogP contribution in [0.25, 0.3) is 0 Å². The van der Waals surface area contributed by atoms with Crippen LogP contribution in [0.2, 0.25) is 0 Å². The van der Waals surface area contributed by atoms with Crippen molar-refractivity contribution in [3.8, 4) is 5.75 Å². The third kappa shape index (κ3) is 2.85. The van der Waals surface area contributed by atoms with Gasteiger partial charge in [-0.15, -0.1) is 10.2 Å². The number of anilines is 2. The molecular formula is C11H14N4OS. The summed E-state index contributed by atoms with van der Waals surface area (Å²) < 4.78 is 5.11. The van der Waals surface area contributed by atoms with E-state index < -0.39 is 0 Å². The number of benzene rings is 1. The zero-order valence-electron chi connectivity index (χ0n) is 9.75. The minimum atomic E-state index is 0.488. The molecule has 2 aromatic rings. The molecule has 1 aromatic heterocycles. The van der Waals surface area contributed by atoms with E-state index in [4.69, 9.17) is 10.5 Å². The summed E-state index contributed by atoms with van der Waals surface area (Å²) in [7, 11) is 3.62. The Kier molecular flexibility index (Phi) is 3.43. The lowest BCUT2D eigenvalue weighted by Crippen LogP contribution is -2.15. The topological polar surface area (TPSA) is 64.3 Å². The van der Waals surface area contributed by atoms with Crippen LogP contribution in [0.15, 0.2) is 24.3 Å². The average Bonchev–Trinajstić information content (AvgIpc) is 2.77. The Balaban J connectivity index is 2.04. The highest BCUT2D eigenvalue weighted by molar-refractivity contribution is 7.18. The number of hydrogen-bond acceptors (Lipinski definition) is 6. The highest BCUT2D eigenvalue weighted by atomic mass is 32.1. The van der Waals surface area contributed by atoms with Crippen molar-refractivity contribution in [2.75, 3.05) is 24.8 Å². The summed E-state index contributed by atoms with van der Waals surface area (Å²) in [6.07, 6.45) is 0. The van der Waals surface area contributed by atoms with E-state index in [0.717, 1.165) is 17.4 Å². The van der Waals surface area contributed by atoms with Gasteiger partial charge in [0, 0.05) is 13.6 Å². The normalized spacial score (nSPS) is 10.2. The molecule has 0 unspecified atom stereocenters. The summed E-state index contributed by atoms with van der Waals surface area (Å²) in [4.78, 5) is 2.01. The number of nitrogens with two attached hydrogens (primary N) is 1. The molecule has 6 heteroatoms.